The van der Waals surface area contributed by atoms with Crippen molar-refractivity contribution in [2.75, 3.05) is 20.3 Å². The molecule has 76 valence electrons. The number of hydrogen-bond donors (Lipinski definition) is 0. The molecule has 0 atom stereocenters. The van der Waals surface area contributed by atoms with Gasteiger partial charge in [0.15, 0.2) is 0 Å². The van der Waals surface area contributed by atoms with Crippen LogP contribution in [-0.2, 0) is 4.74 Å². The van der Waals surface area contributed by atoms with Gasteiger partial charge < -0.3 is 9.47 Å². The Labute approximate surface area is 92.7 Å². The predicted octanol–water partition coefficient (Wildman–Crippen LogP) is 3.03. The average Bonchev–Trinajstić information content (AvgIpc) is 2.21. The van der Waals surface area contributed by atoms with Gasteiger partial charge in [0, 0.05) is 11.6 Å². The lowest BCUT2D eigenvalue weighted by atomic mass is 10.3. The Hall–Kier alpha value is -0.800. The summed E-state index contributed by atoms with van der Waals surface area (Å²) in [5.74, 6) is 0.871. The predicted molar refractivity (Wildman–Crippen MR) is 60.7 cm³/mol. The zero-order valence-electron chi connectivity index (χ0n) is 8.07. The molecule has 0 fully saturated rings. The summed E-state index contributed by atoms with van der Waals surface area (Å²) in [4.78, 5) is 0. The maximum absolute atomic E-state index is 5.44. The van der Waals surface area contributed by atoms with Crippen LogP contribution < -0.4 is 4.74 Å². The highest BCUT2D eigenvalue weighted by molar-refractivity contribution is 9.10. The molecule has 0 spiro atoms. The smallest absolute Gasteiger partial charge is 0.119 e. The van der Waals surface area contributed by atoms with Crippen LogP contribution in [0.3, 0.4) is 0 Å². The third kappa shape index (κ3) is 4.44. The van der Waals surface area contributed by atoms with Crippen molar-refractivity contribution in [1.82, 2.24) is 0 Å². The van der Waals surface area contributed by atoms with Crippen LogP contribution in [-0.4, -0.2) is 20.3 Å². The Morgan fingerprint density at radius 2 is 1.79 bits per heavy atom. The zero-order valence-corrected chi connectivity index (χ0v) is 9.66. The third-order valence-corrected chi connectivity index (χ3v) is 2.12. The number of benzene rings is 1. The van der Waals surface area contributed by atoms with Crippen LogP contribution in [0, 0.1) is 0 Å². The Kier molecular flexibility index (Phi) is 5.33. The van der Waals surface area contributed by atoms with Crippen molar-refractivity contribution in [3.63, 3.8) is 0 Å². The lowest BCUT2D eigenvalue weighted by molar-refractivity contribution is 0.233. The largest absolute Gasteiger partial charge is 0.490 e. The van der Waals surface area contributed by atoms with Gasteiger partial charge in [0.2, 0.25) is 0 Å². The van der Waals surface area contributed by atoms with Crippen molar-refractivity contribution in [1.29, 1.82) is 0 Å². The fourth-order valence-electron chi connectivity index (χ4n) is 0.907. The minimum absolute atomic E-state index is 0.574. The van der Waals surface area contributed by atoms with Crippen LogP contribution in [0.2, 0.25) is 0 Å². The summed E-state index contributed by atoms with van der Waals surface area (Å²) in [5.41, 5.74) is 0. The van der Waals surface area contributed by atoms with Gasteiger partial charge in [0.05, 0.1) is 6.61 Å². The Morgan fingerprint density at radius 1 is 1.14 bits per heavy atom. The first kappa shape index (κ1) is 11.3. The van der Waals surface area contributed by atoms with Gasteiger partial charge in [0.1, 0.15) is 12.4 Å². The van der Waals surface area contributed by atoms with Gasteiger partial charge in [-0.15, -0.1) is 0 Å². The van der Waals surface area contributed by atoms with Crippen molar-refractivity contribution in [2.24, 2.45) is 0 Å². The fourth-order valence-corrected chi connectivity index (χ4v) is 1.17. The molecule has 0 aromatic heterocycles. The maximum Gasteiger partial charge on any atom is 0.119 e. The van der Waals surface area contributed by atoms with E-state index in [1.165, 1.54) is 0 Å². The molecule has 0 saturated heterocycles. The van der Waals surface area contributed by atoms with E-state index < -0.39 is 0 Å². The molecular weight excluding hydrogens is 244 g/mol. The van der Waals surface area contributed by atoms with E-state index in [1.807, 2.05) is 36.4 Å². The van der Waals surface area contributed by atoms with Crippen LogP contribution in [0.25, 0.3) is 0 Å². The van der Waals surface area contributed by atoms with E-state index in [9.17, 15) is 0 Å². The number of ether oxygens (including phenoxy) is 2. The van der Waals surface area contributed by atoms with Crippen LogP contribution >= 0.6 is 15.9 Å². The fraction of sp³-hybridized carbons (Fsp3) is 0.273. The molecule has 1 aromatic carbocycles. The number of rotatable bonds is 5. The van der Waals surface area contributed by atoms with Gasteiger partial charge in [0.25, 0.3) is 0 Å². The lowest BCUT2D eigenvalue weighted by Gasteiger charge is -2.02. The molecule has 0 radical (unpaired) electrons. The first-order valence-electron chi connectivity index (χ1n) is 4.35. The molecule has 0 heterocycles. The van der Waals surface area contributed by atoms with Crippen LogP contribution in [0.4, 0.5) is 0 Å². The molecule has 0 aliphatic rings. The highest BCUT2D eigenvalue weighted by Crippen LogP contribution is 2.15. The van der Waals surface area contributed by atoms with Crippen LogP contribution in [0.15, 0.2) is 40.9 Å². The normalized spacial score (nSPS) is 10.7. The van der Waals surface area contributed by atoms with E-state index in [0.717, 1.165) is 10.2 Å². The molecule has 0 bridgehead atoms. The van der Waals surface area contributed by atoms with E-state index in [0.29, 0.717) is 13.2 Å². The van der Waals surface area contributed by atoms with Crippen molar-refractivity contribution < 1.29 is 9.47 Å². The van der Waals surface area contributed by atoms with E-state index in [4.69, 9.17) is 9.47 Å². The molecule has 3 heteroatoms. The summed E-state index contributed by atoms with van der Waals surface area (Å²) in [5, 5.41) is 0. The lowest BCUT2D eigenvalue weighted by Crippen LogP contribution is -1.93. The summed E-state index contributed by atoms with van der Waals surface area (Å²) >= 11 is 3.36. The van der Waals surface area contributed by atoms with Gasteiger partial charge in [-0.05, 0) is 30.3 Å². The van der Waals surface area contributed by atoms with Gasteiger partial charge in [-0.1, -0.05) is 22.0 Å². The molecule has 0 N–H and O–H groups in total. The topological polar surface area (TPSA) is 18.5 Å². The van der Waals surface area contributed by atoms with E-state index in [-0.39, 0.29) is 0 Å². The second-order valence-corrected chi connectivity index (χ2v) is 3.61. The zero-order chi connectivity index (χ0) is 10.2. The Morgan fingerprint density at radius 3 is 2.43 bits per heavy atom. The molecule has 0 saturated carbocycles. The number of methoxy groups -OCH3 is 1. The SMILES string of the molecule is COCC=CCOc1ccc(Br)cc1. The van der Waals surface area contributed by atoms with E-state index in [1.54, 1.807) is 7.11 Å². The minimum atomic E-state index is 0.574. The molecule has 1 aromatic rings. The number of hydrogen-bond acceptors (Lipinski definition) is 2. The van der Waals surface area contributed by atoms with E-state index >= 15 is 0 Å². The molecule has 14 heavy (non-hydrogen) atoms. The molecule has 0 aliphatic carbocycles. The first-order chi connectivity index (χ1) is 6.83. The van der Waals surface area contributed by atoms with Crippen LogP contribution in [0.1, 0.15) is 0 Å². The molecule has 1 rings (SSSR count). The standard InChI is InChI=1S/C11H13BrO2/c1-13-8-2-3-9-14-11-6-4-10(12)5-7-11/h2-7H,8-9H2,1H3. The average molecular weight is 257 g/mol. The van der Waals surface area contributed by atoms with Gasteiger partial charge >= 0.3 is 0 Å². The Bertz CT molecular complexity index is 280. The van der Waals surface area contributed by atoms with Gasteiger partial charge in [-0.2, -0.15) is 0 Å². The summed E-state index contributed by atoms with van der Waals surface area (Å²) in [6.07, 6.45) is 3.87. The molecule has 0 unspecified atom stereocenters. The Balaban J connectivity index is 2.28. The van der Waals surface area contributed by atoms with Crippen molar-refractivity contribution in [3.8, 4) is 5.75 Å². The van der Waals surface area contributed by atoms with Crippen molar-refractivity contribution >= 4 is 15.9 Å². The van der Waals surface area contributed by atoms with Gasteiger partial charge in [-0.25, -0.2) is 0 Å². The summed E-state index contributed by atoms with van der Waals surface area (Å²) < 4.78 is 11.4. The van der Waals surface area contributed by atoms with Crippen molar-refractivity contribution in [2.45, 2.75) is 0 Å². The summed E-state index contributed by atoms with van der Waals surface area (Å²) in [7, 11) is 1.67. The molecule has 0 aliphatic heterocycles. The highest BCUT2D eigenvalue weighted by Gasteiger charge is 1.90. The number of halogens is 1. The first-order valence-corrected chi connectivity index (χ1v) is 5.14. The quantitative estimate of drug-likeness (QED) is 0.755. The molecule has 0 amide bonds. The third-order valence-electron chi connectivity index (χ3n) is 1.59. The van der Waals surface area contributed by atoms with E-state index in [2.05, 4.69) is 15.9 Å². The van der Waals surface area contributed by atoms with Crippen LogP contribution in [0.5, 0.6) is 5.75 Å². The second kappa shape index (κ2) is 6.62. The summed E-state index contributed by atoms with van der Waals surface area (Å²) in [6, 6.07) is 7.75. The van der Waals surface area contributed by atoms with Crippen molar-refractivity contribution in [3.05, 3.63) is 40.9 Å². The molecule has 2 nitrogen and oxygen atoms in total. The van der Waals surface area contributed by atoms with Gasteiger partial charge in [-0.3, -0.25) is 0 Å². The maximum atomic E-state index is 5.44. The second-order valence-electron chi connectivity index (χ2n) is 2.69. The summed E-state index contributed by atoms with van der Waals surface area (Å²) in [6.45, 7) is 1.20. The monoisotopic (exact) mass is 256 g/mol. The molecular formula is C11H13BrO2. The highest BCUT2D eigenvalue weighted by atomic mass is 79.9. The minimum Gasteiger partial charge on any atom is -0.490 e.